The molecule has 190 valence electrons. The molecule has 1 aliphatic carbocycles. The number of hydrogen-bond donors (Lipinski definition) is 4. The molecule has 1 aromatic rings. The van der Waals surface area contributed by atoms with E-state index in [4.69, 9.17) is 21.7 Å². The standard InChI is InChI=1S/C26H35N3O5S/c1-7-13-33-21(30)19-18(16-9-11-17(12-10-16)24(3,4)5)20(22(31)34-14-8-2)26(15-25(19,6)32)27-23(35)28-29-26/h7-12,18-20,29,32H,1-2,13-15H2,3-6H3,(H2,27,28,35)/t18-,19-,20+,25-,26-/m0/s1. The number of carbonyl (C=O) groups is 2. The Morgan fingerprint density at radius 3 is 2.11 bits per heavy atom. The van der Waals surface area contributed by atoms with Gasteiger partial charge in [-0.05, 0) is 35.7 Å². The smallest absolute Gasteiger partial charge is 0.313 e. The number of ether oxygens (including phenoxy) is 2. The molecule has 9 heteroatoms. The number of thiocarbonyl (C=S) groups is 1. The van der Waals surface area contributed by atoms with Crippen molar-refractivity contribution in [1.82, 2.24) is 16.2 Å². The summed E-state index contributed by atoms with van der Waals surface area (Å²) < 4.78 is 10.9. The molecular weight excluding hydrogens is 466 g/mol. The van der Waals surface area contributed by atoms with E-state index in [1.165, 1.54) is 12.2 Å². The van der Waals surface area contributed by atoms with Gasteiger partial charge in [-0.15, -0.1) is 0 Å². The Bertz CT molecular complexity index is 1000. The third-order valence-electron chi connectivity index (χ3n) is 6.65. The number of benzene rings is 1. The van der Waals surface area contributed by atoms with E-state index >= 15 is 0 Å². The third-order valence-corrected chi connectivity index (χ3v) is 6.85. The first kappa shape index (κ1) is 26.8. The number of esters is 2. The van der Waals surface area contributed by atoms with E-state index in [0.717, 1.165) is 5.56 Å². The maximum Gasteiger partial charge on any atom is 0.313 e. The zero-order chi connectivity index (χ0) is 26.0. The minimum Gasteiger partial charge on any atom is -0.461 e. The van der Waals surface area contributed by atoms with Crippen molar-refractivity contribution in [3.8, 4) is 0 Å². The average molecular weight is 502 g/mol. The Morgan fingerprint density at radius 2 is 1.66 bits per heavy atom. The molecule has 8 nitrogen and oxygen atoms in total. The lowest BCUT2D eigenvalue weighted by Crippen LogP contribution is -2.70. The van der Waals surface area contributed by atoms with Crippen molar-refractivity contribution in [2.75, 3.05) is 13.2 Å². The summed E-state index contributed by atoms with van der Waals surface area (Å²) in [5, 5.41) is 15.1. The molecule has 1 saturated heterocycles. The highest BCUT2D eigenvalue weighted by molar-refractivity contribution is 7.80. The number of hydrogen-bond acceptors (Lipinski definition) is 7. The van der Waals surface area contributed by atoms with Crippen molar-refractivity contribution in [3.63, 3.8) is 0 Å². The maximum atomic E-state index is 13.6. The summed E-state index contributed by atoms with van der Waals surface area (Å²) in [6.45, 7) is 15.1. The minimum absolute atomic E-state index is 0.000933. The Kier molecular flexibility index (Phi) is 7.74. The monoisotopic (exact) mass is 501 g/mol. The van der Waals surface area contributed by atoms with E-state index in [0.29, 0.717) is 5.56 Å². The zero-order valence-electron chi connectivity index (χ0n) is 20.7. The molecule has 1 aromatic carbocycles. The normalized spacial score (nSPS) is 30.2. The van der Waals surface area contributed by atoms with Crippen LogP contribution in [0.25, 0.3) is 0 Å². The Balaban J connectivity index is 2.20. The number of hydrazine groups is 1. The van der Waals surface area contributed by atoms with Gasteiger partial charge in [0.15, 0.2) is 5.11 Å². The molecule has 35 heavy (non-hydrogen) atoms. The summed E-state index contributed by atoms with van der Waals surface area (Å²) in [6.07, 6.45) is 2.92. The topological polar surface area (TPSA) is 109 Å². The molecule has 1 aliphatic heterocycles. The quantitative estimate of drug-likeness (QED) is 0.255. The first-order valence-electron chi connectivity index (χ1n) is 11.6. The van der Waals surface area contributed by atoms with Gasteiger partial charge in [-0.2, -0.15) is 0 Å². The first-order chi connectivity index (χ1) is 16.4. The van der Waals surface area contributed by atoms with Crippen LogP contribution in [-0.4, -0.2) is 46.6 Å². The van der Waals surface area contributed by atoms with Crippen LogP contribution in [0.3, 0.4) is 0 Å². The Hall–Kier alpha value is -2.75. The molecule has 4 N–H and O–H groups in total. The van der Waals surface area contributed by atoms with Crippen LogP contribution in [0.2, 0.25) is 0 Å². The van der Waals surface area contributed by atoms with E-state index in [1.807, 2.05) is 24.3 Å². The predicted octanol–water partition coefficient (Wildman–Crippen LogP) is 2.59. The van der Waals surface area contributed by atoms with Crippen molar-refractivity contribution in [2.45, 2.75) is 56.7 Å². The summed E-state index contributed by atoms with van der Waals surface area (Å²) in [5.74, 6) is -3.99. The summed E-state index contributed by atoms with van der Waals surface area (Å²) in [4.78, 5) is 26.9. The fraction of sp³-hybridized carbons (Fsp3) is 0.500. The molecule has 1 spiro atoms. The molecule has 0 bridgehead atoms. The van der Waals surface area contributed by atoms with Gasteiger partial charge >= 0.3 is 11.9 Å². The van der Waals surface area contributed by atoms with Crippen LogP contribution < -0.4 is 16.2 Å². The molecular formula is C26H35N3O5S. The van der Waals surface area contributed by atoms with Gasteiger partial charge in [-0.3, -0.25) is 15.0 Å². The molecule has 0 radical (unpaired) electrons. The lowest BCUT2D eigenvalue weighted by molar-refractivity contribution is -0.179. The highest BCUT2D eigenvalue weighted by Crippen LogP contribution is 2.52. The second-order valence-electron chi connectivity index (χ2n) is 10.4. The van der Waals surface area contributed by atoms with Gasteiger partial charge in [0.1, 0.15) is 24.8 Å². The summed E-state index contributed by atoms with van der Waals surface area (Å²) in [6, 6.07) is 7.73. The van der Waals surface area contributed by atoms with Gasteiger partial charge in [-0.25, -0.2) is 5.43 Å². The van der Waals surface area contributed by atoms with Crippen LogP contribution >= 0.6 is 12.2 Å². The predicted molar refractivity (Wildman–Crippen MR) is 137 cm³/mol. The highest BCUT2D eigenvalue weighted by atomic mass is 32.1. The van der Waals surface area contributed by atoms with Crippen LogP contribution in [0.1, 0.15) is 51.2 Å². The van der Waals surface area contributed by atoms with Crippen molar-refractivity contribution >= 4 is 29.3 Å². The van der Waals surface area contributed by atoms with Gasteiger partial charge < -0.3 is 19.9 Å². The van der Waals surface area contributed by atoms with Crippen LogP contribution in [0.5, 0.6) is 0 Å². The minimum atomic E-state index is -1.57. The SMILES string of the molecule is C=CCOC(=O)[C@@H]1[C@H](c2ccc(C(C)(C)C)cc2)[C@H](C(=O)OCC=C)[C@]2(C[C@]1(C)O)NNC(=S)N2. The van der Waals surface area contributed by atoms with Crippen LogP contribution in [0, 0.1) is 11.8 Å². The fourth-order valence-electron chi connectivity index (χ4n) is 5.15. The lowest BCUT2D eigenvalue weighted by atomic mass is 9.58. The number of rotatable bonds is 7. The Morgan fingerprint density at radius 1 is 1.11 bits per heavy atom. The molecule has 2 fully saturated rings. The lowest BCUT2D eigenvalue weighted by Gasteiger charge is -2.52. The van der Waals surface area contributed by atoms with E-state index in [1.54, 1.807) is 6.92 Å². The highest BCUT2D eigenvalue weighted by Gasteiger charge is 2.65. The van der Waals surface area contributed by atoms with Gasteiger partial charge in [-0.1, -0.05) is 70.3 Å². The second-order valence-corrected chi connectivity index (χ2v) is 10.8. The molecule has 5 atom stereocenters. The fourth-order valence-corrected chi connectivity index (χ4v) is 5.38. The second kappa shape index (κ2) is 10.1. The van der Waals surface area contributed by atoms with Crippen molar-refractivity contribution < 1.29 is 24.2 Å². The van der Waals surface area contributed by atoms with Gasteiger partial charge in [0, 0.05) is 12.3 Å². The van der Waals surface area contributed by atoms with Crippen LogP contribution in [0.4, 0.5) is 0 Å². The number of aliphatic hydroxyl groups is 1. The maximum absolute atomic E-state index is 13.6. The molecule has 1 saturated carbocycles. The average Bonchev–Trinajstić information content (AvgIpc) is 3.14. The largest absolute Gasteiger partial charge is 0.461 e. The van der Waals surface area contributed by atoms with Gasteiger partial charge in [0.05, 0.1) is 11.5 Å². The molecule has 0 unspecified atom stereocenters. The molecule has 3 rings (SSSR count). The van der Waals surface area contributed by atoms with E-state index in [2.05, 4.69) is 50.1 Å². The number of carbonyl (C=O) groups excluding carboxylic acids is 2. The molecule has 0 aromatic heterocycles. The van der Waals surface area contributed by atoms with E-state index in [9.17, 15) is 14.7 Å². The summed E-state index contributed by atoms with van der Waals surface area (Å²) >= 11 is 5.29. The van der Waals surface area contributed by atoms with E-state index < -0.39 is 41.0 Å². The molecule has 0 amide bonds. The van der Waals surface area contributed by atoms with Gasteiger partial charge in [0.25, 0.3) is 0 Å². The van der Waals surface area contributed by atoms with Crippen LogP contribution in [0.15, 0.2) is 49.6 Å². The summed E-state index contributed by atoms with van der Waals surface area (Å²) in [5.41, 5.74) is 4.83. The van der Waals surface area contributed by atoms with Crippen molar-refractivity contribution in [3.05, 3.63) is 60.7 Å². The number of nitrogens with one attached hydrogen (secondary N) is 3. The Labute approximate surface area is 212 Å². The first-order valence-corrected chi connectivity index (χ1v) is 12.0. The molecule has 1 heterocycles. The van der Waals surface area contributed by atoms with Crippen LogP contribution in [-0.2, 0) is 24.5 Å². The molecule has 2 aliphatic rings. The van der Waals surface area contributed by atoms with E-state index in [-0.39, 0.29) is 30.2 Å². The van der Waals surface area contributed by atoms with Crippen molar-refractivity contribution in [2.24, 2.45) is 11.8 Å². The summed E-state index contributed by atoms with van der Waals surface area (Å²) in [7, 11) is 0. The van der Waals surface area contributed by atoms with Gasteiger partial charge in [0.2, 0.25) is 0 Å². The third kappa shape index (κ3) is 5.42. The zero-order valence-corrected chi connectivity index (χ0v) is 21.5. The van der Waals surface area contributed by atoms with Crippen molar-refractivity contribution in [1.29, 1.82) is 0 Å².